The number of nitrogens with one attached hydrogen (secondary N) is 6. The maximum atomic E-state index is 13.9. The van der Waals surface area contributed by atoms with Crippen molar-refractivity contribution in [3.05, 3.63) is 36.0 Å². The molecule has 2 rings (SSSR count). The number of rotatable bonds is 20. The normalized spacial score (nSPS) is 15.2. The standard InChI is InChI=1S/C33H47N7O10/c1-6-16(3)27(40-33(50)28(17(4)7-2)39-31(48)24(14-26(44)45)36-18(5)41)32(49)38-23(30(47)37-22(29(34)46)13-25(42)43)12-19-15-35-21-11-9-8-10-20(19)21/h8-11,15-17,22-24,27-28,35H,6-7,12-14H2,1-5H3,(H2,34,46)(H,36,41)(H,37,47)(H,38,49)(H,39,48)(H,40,50)(H,42,43)(H,44,45)/t16-,17-,22-,23-,24-,27-,28-/m0/s1. The van der Waals surface area contributed by atoms with E-state index in [1.54, 1.807) is 52.1 Å². The van der Waals surface area contributed by atoms with Crippen LogP contribution in [0.1, 0.15) is 65.9 Å². The minimum atomic E-state index is -1.57. The van der Waals surface area contributed by atoms with Gasteiger partial charge in [0.25, 0.3) is 0 Å². The fourth-order valence-corrected chi connectivity index (χ4v) is 5.19. The summed E-state index contributed by atoms with van der Waals surface area (Å²) < 4.78 is 0. The van der Waals surface area contributed by atoms with E-state index in [1.807, 2.05) is 6.07 Å². The zero-order valence-corrected chi connectivity index (χ0v) is 28.7. The van der Waals surface area contributed by atoms with Gasteiger partial charge in [-0.05, 0) is 23.5 Å². The number of hydrogen-bond acceptors (Lipinski definition) is 8. The Morgan fingerprint density at radius 1 is 0.700 bits per heavy atom. The summed E-state index contributed by atoms with van der Waals surface area (Å²) in [5.74, 6) is -8.84. The van der Waals surface area contributed by atoms with Crippen LogP contribution in [0.15, 0.2) is 30.5 Å². The molecule has 7 atom stereocenters. The molecule has 0 radical (unpaired) electrons. The molecule has 274 valence electrons. The van der Waals surface area contributed by atoms with E-state index in [9.17, 15) is 48.6 Å². The average Bonchev–Trinajstić information content (AvgIpc) is 3.45. The minimum absolute atomic E-state index is 0.0963. The van der Waals surface area contributed by atoms with E-state index in [0.29, 0.717) is 18.4 Å². The number of H-pyrrole nitrogens is 1. The van der Waals surface area contributed by atoms with Crippen LogP contribution in [0.4, 0.5) is 0 Å². The number of para-hydroxylation sites is 1. The molecule has 6 amide bonds. The average molecular weight is 702 g/mol. The fraction of sp³-hybridized carbons (Fsp3) is 0.515. The van der Waals surface area contributed by atoms with Crippen molar-refractivity contribution in [1.82, 2.24) is 31.6 Å². The van der Waals surface area contributed by atoms with E-state index in [-0.39, 0.29) is 6.42 Å². The molecule has 0 aliphatic rings. The smallest absolute Gasteiger partial charge is 0.305 e. The van der Waals surface area contributed by atoms with Crippen LogP contribution >= 0.6 is 0 Å². The maximum absolute atomic E-state index is 13.9. The lowest BCUT2D eigenvalue weighted by atomic mass is 9.94. The first-order valence-corrected chi connectivity index (χ1v) is 16.2. The number of aromatic amines is 1. The van der Waals surface area contributed by atoms with Crippen molar-refractivity contribution in [1.29, 1.82) is 0 Å². The van der Waals surface area contributed by atoms with Crippen LogP contribution in [-0.4, -0.2) is 92.8 Å². The first-order chi connectivity index (χ1) is 23.5. The molecular weight excluding hydrogens is 654 g/mol. The van der Waals surface area contributed by atoms with E-state index in [4.69, 9.17) is 5.73 Å². The number of carboxylic acids is 2. The van der Waals surface area contributed by atoms with Gasteiger partial charge in [-0.25, -0.2) is 0 Å². The minimum Gasteiger partial charge on any atom is -0.481 e. The number of fused-ring (bicyclic) bond motifs is 1. The Morgan fingerprint density at radius 2 is 1.18 bits per heavy atom. The molecule has 0 saturated heterocycles. The summed E-state index contributed by atoms with van der Waals surface area (Å²) >= 11 is 0. The second kappa shape index (κ2) is 18.9. The third kappa shape index (κ3) is 11.9. The highest BCUT2D eigenvalue weighted by Gasteiger charge is 2.36. The summed E-state index contributed by atoms with van der Waals surface area (Å²) in [6.45, 7) is 8.00. The van der Waals surface area contributed by atoms with Gasteiger partial charge < -0.3 is 47.5 Å². The topological polar surface area (TPSA) is 279 Å². The number of aliphatic carboxylic acids is 2. The molecule has 0 saturated carbocycles. The Hall–Kier alpha value is -5.48. The molecule has 0 spiro atoms. The molecule has 0 aliphatic carbocycles. The number of nitrogens with two attached hydrogens (primary N) is 1. The quantitative estimate of drug-likeness (QED) is 0.0868. The third-order valence-corrected chi connectivity index (χ3v) is 8.43. The molecule has 50 heavy (non-hydrogen) atoms. The van der Waals surface area contributed by atoms with Gasteiger partial charge >= 0.3 is 11.9 Å². The van der Waals surface area contributed by atoms with Gasteiger partial charge in [0.15, 0.2) is 0 Å². The highest BCUT2D eigenvalue weighted by molar-refractivity contribution is 5.98. The van der Waals surface area contributed by atoms with Crippen LogP contribution in [-0.2, 0) is 44.8 Å². The Kier molecular flexibility index (Phi) is 15.4. The van der Waals surface area contributed by atoms with Crippen LogP contribution in [0.25, 0.3) is 10.9 Å². The Labute approximate surface area is 288 Å². The predicted octanol–water partition coefficient (Wildman–Crippen LogP) is -0.319. The van der Waals surface area contributed by atoms with E-state index in [1.165, 1.54) is 0 Å². The van der Waals surface area contributed by atoms with Gasteiger partial charge in [-0.2, -0.15) is 0 Å². The number of carboxylic acid groups (broad SMARTS) is 2. The van der Waals surface area contributed by atoms with Gasteiger partial charge in [0.05, 0.1) is 12.8 Å². The summed E-state index contributed by atoms with van der Waals surface area (Å²) in [5.41, 5.74) is 6.70. The highest BCUT2D eigenvalue weighted by atomic mass is 16.4. The fourth-order valence-electron chi connectivity index (χ4n) is 5.19. The van der Waals surface area contributed by atoms with Gasteiger partial charge in [0, 0.05) is 30.4 Å². The maximum Gasteiger partial charge on any atom is 0.305 e. The molecule has 0 aliphatic heterocycles. The second-order valence-electron chi connectivity index (χ2n) is 12.3. The molecule has 2 aromatic rings. The van der Waals surface area contributed by atoms with Crippen molar-refractivity contribution in [2.45, 2.75) is 96.9 Å². The summed E-state index contributed by atoms with van der Waals surface area (Å²) in [5, 5.41) is 31.6. The number of benzene rings is 1. The largest absolute Gasteiger partial charge is 0.481 e. The number of aromatic nitrogens is 1. The van der Waals surface area contributed by atoms with E-state index < -0.39 is 102 Å². The number of primary amides is 1. The molecule has 10 N–H and O–H groups in total. The van der Waals surface area contributed by atoms with Crippen molar-refractivity contribution in [2.75, 3.05) is 0 Å². The molecule has 1 aromatic carbocycles. The molecule has 17 nitrogen and oxygen atoms in total. The molecular formula is C33H47N7O10. The Morgan fingerprint density at radius 3 is 1.70 bits per heavy atom. The van der Waals surface area contributed by atoms with Crippen molar-refractivity contribution in [3.8, 4) is 0 Å². The molecule has 1 aromatic heterocycles. The first kappa shape index (κ1) is 40.7. The van der Waals surface area contributed by atoms with Gasteiger partial charge in [-0.15, -0.1) is 0 Å². The van der Waals surface area contributed by atoms with Gasteiger partial charge in [-0.3, -0.25) is 38.4 Å². The molecule has 1 heterocycles. The summed E-state index contributed by atoms with van der Waals surface area (Å²) in [6.07, 6.45) is 0.808. The molecule has 0 unspecified atom stereocenters. The highest BCUT2D eigenvalue weighted by Crippen LogP contribution is 2.20. The summed E-state index contributed by atoms with van der Waals surface area (Å²) in [7, 11) is 0. The lowest BCUT2D eigenvalue weighted by molar-refractivity contribution is -0.141. The monoisotopic (exact) mass is 701 g/mol. The van der Waals surface area contributed by atoms with Crippen molar-refractivity contribution < 1.29 is 48.6 Å². The van der Waals surface area contributed by atoms with Gasteiger partial charge in [-0.1, -0.05) is 58.7 Å². The number of hydrogen-bond donors (Lipinski definition) is 9. The Balaban J connectivity index is 2.42. The molecule has 0 fully saturated rings. The zero-order chi connectivity index (χ0) is 37.7. The van der Waals surface area contributed by atoms with E-state index in [0.717, 1.165) is 17.8 Å². The second-order valence-corrected chi connectivity index (χ2v) is 12.3. The third-order valence-electron chi connectivity index (χ3n) is 8.43. The van der Waals surface area contributed by atoms with Crippen LogP contribution in [0.2, 0.25) is 0 Å². The van der Waals surface area contributed by atoms with Gasteiger partial charge in [0.1, 0.15) is 30.2 Å². The summed E-state index contributed by atoms with van der Waals surface area (Å²) in [4.78, 5) is 104. The van der Waals surface area contributed by atoms with Crippen LogP contribution < -0.4 is 32.3 Å². The van der Waals surface area contributed by atoms with E-state index in [2.05, 4.69) is 31.6 Å². The lowest BCUT2D eigenvalue weighted by Gasteiger charge is -2.30. The molecule has 17 heteroatoms. The van der Waals surface area contributed by atoms with Crippen LogP contribution in [0.3, 0.4) is 0 Å². The molecule has 0 bridgehead atoms. The predicted molar refractivity (Wildman–Crippen MR) is 180 cm³/mol. The van der Waals surface area contributed by atoms with Crippen molar-refractivity contribution >= 4 is 58.3 Å². The number of carbonyl (C=O) groups is 8. The SMILES string of the molecule is CC[C@H](C)[C@H](NC(=O)[C@H](CC(=O)O)NC(C)=O)C(=O)N[C@H](C(=O)N[C@@H](Cc1c[nH]c2ccccc12)C(=O)N[C@@H](CC(=O)O)C(N)=O)[C@@H](C)CC. The number of amides is 6. The first-order valence-electron chi connectivity index (χ1n) is 16.2. The number of carbonyl (C=O) groups excluding carboxylic acids is 6. The Bertz CT molecular complexity index is 1560. The van der Waals surface area contributed by atoms with Crippen molar-refractivity contribution in [2.24, 2.45) is 17.6 Å². The van der Waals surface area contributed by atoms with E-state index >= 15 is 0 Å². The van der Waals surface area contributed by atoms with Crippen molar-refractivity contribution in [3.63, 3.8) is 0 Å². The van der Waals surface area contributed by atoms with Crippen LogP contribution in [0.5, 0.6) is 0 Å². The van der Waals surface area contributed by atoms with Crippen LogP contribution in [0, 0.1) is 11.8 Å². The zero-order valence-electron chi connectivity index (χ0n) is 28.7. The van der Waals surface area contributed by atoms with Gasteiger partial charge in [0.2, 0.25) is 35.4 Å². The lowest BCUT2D eigenvalue weighted by Crippen LogP contribution is -2.61. The summed E-state index contributed by atoms with van der Waals surface area (Å²) in [6, 6.07) is 0.307.